The summed E-state index contributed by atoms with van der Waals surface area (Å²) in [7, 11) is 1.65. The minimum Gasteiger partial charge on any atom is -0.472 e. The zero-order chi connectivity index (χ0) is 13.2. The van der Waals surface area contributed by atoms with Crippen molar-refractivity contribution >= 4 is 5.91 Å². The van der Waals surface area contributed by atoms with Gasteiger partial charge in [0.05, 0.1) is 36.7 Å². The van der Waals surface area contributed by atoms with E-state index in [1.165, 1.54) is 12.5 Å². The van der Waals surface area contributed by atoms with Gasteiger partial charge in [-0.05, 0) is 12.1 Å². The maximum absolute atomic E-state index is 12.4. The van der Waals surface area contributed by atoms with Crippen molar-refractivity contribution in [3.63, 3.8) is 0 Å². The van der Waals surface area contributed by atoms with Gasteiger partial charge >= 0.3 is 0 Å². The normalized spacial score (nSPS) is 19.0. The Morgan fingerprint density at radius 3 is 3.11 bits per heavy atom. The van der Waals surface area contributed by atoms with E-state index in [4.69, 9.17) is 9.15 Å². The van der Waals surface area contributed by atoms with E-state index >= 15 is 0 Å². The van der Waals surface area contributed by atoms with Crippen LogP contribution in [0.5, 0.6) is 0 Å². The Balaban J connectivity index is 1.87. The third kappa shape index (κ3) is 2.26. The summed E-state index contributed by atoms with van der Waals surface area (Å²) in [6.07, 6.45) is 4.65. The summed E-state index contributed by atoms with van der Waals surface area (Å²) in [5, 5.41) is 4.25. The van der Waals surface area contributed by atoms with Crippen molar-refractivity contribution in [3.05, 3.63) is 42.1 Å². The lowest BCUT2D eigenvalue weighted by Gasteiger charge is -2.22. The summed E-state index contributed by atoms with van der Waals surface area (Å²) in [4.78, 5) is 14.2. The van der Waals surface area contributed by atoms with E-state index in [0.29, 0.717) is 25.2 Å². The molecule has 0 fully saturated rings. The molecule has 0 aliphatic carbocycles. The highest BCUT2D eigenvalue weighted by Gasteiger charge is 2.26. The number of carbonyl (C=O) groups excluding carboxylic acids is 1. The first-order valence-corrected chi connectivity index (χ1v) is 6.13. The van der Waals surface area contributed by atoms with E-state index in [1.54, 1.807) is 24.3 Å². The number of aromatic nitrogens is 2. The number of fused-ring (bicyclic) bond motifs is 1. The van der Waals surface area contributed by atoms with Crippen LogP contribution in [0.15, 0.2) is 35.3 Å². The molecule has 3 heterocycles. The summed E-state index contributed by atoms with van der Waals surface area (Å²) in [5.74, 6) is -0.0505. The largest absolute Gasteiger partial charge is 0.472 e. The average molecular weight is 261 g/mol. The monoisotopic (exact) mass is 261 g/mol. The highest BCUT2D eigenvalue weighted by Crippen LogP contribution is 2.16. The molecule has 0 bridgehead atoms. The number of hydrogen-bond donors (Lipinski definition) is 0. The molecule has 0 radical (unpaired) electrons. The second-order valence-corrected chi connectivity index (χ2v) is 4.56. The van der Waals surface area contributed by atoms with Crippen LogP contribution in [-0.2, 0) is 17.8 Å². The van der Waals surface area contributed by atoms with E-state index in [1.807, 2.05) is 10.7 Å². The number of amides is 1. The number of nitrogens with zero attached hydrogens (tertiary/aromatic N) is 3. The highest BCUT2D eigenvalue weighted by atomic mass is 16.5. The van der Waals surface area contributed by atoms with Gasteiger partial charge in [-0.25, -0.2) is 0 Å². The second-order valence-electron chi connectivity index (χ2n) is 4.56. The second kappa shape index (κ2) is 4.89. The van der Waals surface area contributed by atoms with Gasteiger partial charge in [0.2, 0.25) is 0 Å². The van der Waals surface area contributed by atoms with E-state index in [0.717, 1.165) is 5.69 Å². The number of hydrogen-bond acceptors (Lipinski definition) is 4. The molecule has 6 nitrogen and oxygen atoms in total. The molecule has 0 N–H and O–H groups in total. The first-order valence-electron chi connectivity index (χ1n) is 6.13. The fourth-order valence-electron chi connectivity index (χ4n) is 2.29. The molecule has 0 spiro atoms. The zero-order valence-electron chi connectivity index (χ0n) is 10.7. The lowest BCUT2D eigenvalue weighted by atomic mass is 10.2. The smallest absolute Gasteiger partial charge is 0.257 e. The summed E-state index contributed by atoms with van der Waals surface area (Å²) >= 11 is 0. The van der Waals surface area contributed by atoms with Crippen LogP contribution >= 0.6 is 0 Å². The zero-order valence-corrected chi connectivity index (χ0v) is 10.7. The van der Waals surface area contributed by atoms with E-state index < -0.39 is 0 Å². The molecule has 1 atom stereocenters. The van der Waals surface area contributed by atoms with Gasteiger partial charge < -0.3 is 14.1 Å². The number of furan rings is 1. The Morgan fingerprint density at radius 2 is 2.37 bits per heavy atom. The van der Waals surface area contributed by atoms with Crippen molar-refractivity contribution in [2.45, 2.75) is 19.2 Å². The van der Waals surface area contributed by atoms with Crippen LogP contribution < -0.4 is 0 Å². The molecular formula is C13H15N3O3. The Bertz CT molecular complexity index is 561. The van der Waals surface area contributed by atoms with E-state index in [9.17, 15) is 4.79 Å². The number of carbonyl (C=O) groups is 1. The lowest BCUT2D eigenvalue weighted by molar-refractivity contribution is 0.0449. The van der Waals surface area contributed by atoms with Gasteiger partial charge in [0.1, 0.15) is 6.26 Å². The van der Waals surface area contributed by atoms with Gasteiger partial charge in [-0.15, -0.1) is 0 Å². The number of rotatable bonds is 2. The SMILES string of the molecule is CO[C@H]1CN(C(=O)c2ccoc2)Cc2ccnn2C1. The molecule has 1 amide bonds. The van der Waals surface area contributed by atoms with Crippen LogP contribution in [0.2, 0.25) is 0 Å². The molecule has 1 aliphatic rings. The van der Waals surface area contributed by atoms with Crippen molar-refractivity contribution in [2.24, 2.45) is 0 Å². The minimum atomic E-state index is -0.0583. The Kier molecular flexibility index (Phi) is 3.08. The van der Waals surface area contributed by atoms with Crippen LogP contribution in [0, 0.1) is 0 Å². The van der Waals surface area contributed by atoms with Gasteiger partial charge in [-0.1, -0.05) is 0 Å². The van der Waals surface area contributed by atoms with Crippen LogP contribution in [0.4, 0.5) is 0 Å². The molecule has 19 heavy (non-hydrogen) atoms. The molecular weight excluding hydrogens is 246 g/mol. The molecule has 2 aromatic heterocycles. The Labute approximate surface area is 110 Å². The number of methoxy groups -OCH3 is 1. The lowest BCUT2D eigenvalue weighted by Crippen LogP contribution is -2.36. The van der Waals surface area contributed by atoms with Crippen LogP contribution in [0.1, 0.15) is 16.1 Å². The summed E-state index contributed by atoms with van der Waals surface area (Å²) in [6, 6.07) is 3.60. The first kappa shape index (κ1) is 12.0. The van der Waals surface area contributed by atoms with E-state index in [-0.39, 0.29) is 12.0 Å². The summed E-state index contributed by atoms with van der Waals surface area (Å²) in [5.41, 5.74) is 1.57. The molecule has 0 unspecified atom stereocenters. The molecule has 1 aliphatic heterocycles. The minimum absolute atomic E-state index is 0.0505. The molecule has 6 heteroatoms. The first-order chi connectivity index (χ1) is 9.28. The summed E-state index contributed by atoms with van der Waals surface area (Å²) in [6.45, 7) is 1.74. The molecule has 0 saturated carbocycles. The van der Waals surface area contributed by atoms with Crippen molar-refractivity contribution in [2.75, 3.05) is 13.7 Å². The third-order valence-corrected chi connectivity index (χ3v) is 3.35. The molecule has 3 rings (SSSR count). The predicted molar refractivity (Wildman–Crippen MR) is 66.5 cm³/mol. The Morgan fingerprint density at radius 1 is 1.47 bits per heavy atom. The topological polar surface area (TPSA) is 60.5 Å². The van der Waals surface area contributed by atoms with Crippen molar-refractivity contribution in [1.82, 2.24) is 14.7 Å². The van der Waals surface area contributed by atoms with Crippen molar-refractivity contribution in [1.29, 1.82) is 0 Å². The fourth-order valence-corrected chi connectivity index (χ4v) is 2.29. The Hall–Kier alpha value is -2.08. The van der Waals surface area contributed by atoms with E-state index in [2.05, 4.69) is 5.10 Å². The van der Waals surface area contributed by atoms with Crippen molar-refractivity contribution in [3.8, 4) is 0 Å². The molecule has 2 aromatic rings. The van der Waals surface area contributed by atoms with Crippen LogP contribution in [0.3, 0.4) is 0 Å². The van der Waals surface area contributed by atoms with Gasteiger partial charge in [0.15, 0.2) is 0 Å². The third-order valence-electron chi connectivity index (χ3n) is 3.35. The van der Waals surface area contributed by atoms with Gasteiger partial charge in [-0.3, -0.25) is 9.48 Å². The van der Waals surface area contributed by atoms with Gasteiger partial charge in [-0.2, -0.15) is 5.10 Å². The standard InChI is InChI=1S/C13H15N3O3/c1-18-12-7-15(13(17)10-3-5-19-9-10)6-11-2-4-14-16(11)8-12/h2-5,9,12H,6-8H2,1H3/t12-/m0/s1. The van der Waals surface area contributed by atoms with Crippen molar-refractivity contribution < 1.29 is 13.9 Å². The maximum Gasteiger partial charge on any atom is 0.257 e. The van der Waals surface area contributed by atoms with Gasteiger partial charge in [0, 0.05) is 19.9 Å². The average Bonchev–Trinajstić information content (AvgIpc) is 3.06. The molecule has 100 valence electrons. The quantitative estimate of drug-likeness (QED) is 0.813. The molecule has 0 saturated heterocycles. The van der Waals surface area contributed by atoms with Gasteiger partial charge in [0.25, 0.3) is 5.91 Å². The van der Waals surface area contributed by atoms with Crippen LogP contribution in [-0.4, -0.2) is 40.3 Å². The fraction of sp³-hybridized carbons (Fsp3) is 0.385. The number of ether oxygens (including phenoxy) is 1. The highest BCUT2D eigenvalue weighted by molar-refractivity contribution is 5.93. The molecule has 0 aromatic carbocycles. The summed E-state index contributed by atoms with van der Waals surface area (Å²) < 4.78 is 12.3. The maximum atomic E-state index is 12.4. The predicted octanol–water partition coefficient (Wildman–Crippen LogP) is 1.15. The van der Waals surface area contributed by atoms with Crippen LogP contribution in [0.25, 0.3) is 0 Å².